The number of esters is 1. The third-order valence-corrected chi connectivity index (χ3v) is 8.87. The Morgan fingerprint density at radius 2 is 1.49 bits per heavy atom. The molecule has 3 N–H and O–H groups in total. The van der Waals surface area contributed by atoms with Gasteiger partial charge >= 0.3 is 5.97 Å². The van der Waals surface area contributed by atoms with Gasteiger partial charge in [-0.15, -0.1) is 0 Å². The van der Waals surface area contributed by atoms with Crippen molar-refractivity contribution >= 4 is 11.8 Å². The minimum atomic E-state index is -1.03. The van der Waals surface area contributed by atoms with Crippen LogP contribution in [0.5, 0.6) is 0 Å². The quantitative estimate of drug-likeness (QED) is 0.362. The summed E-state index contributed by atoms with van der Waals surface area (Å²) in [4.78, 5) is 26.6. The number of carbonyl (C=O) groups excluding carboxylic acids is 2. The Morgan fingerprint density at radius 3 is 2.05 bits per heavy atom. The van der Waals surface area contributed by atoms with Gasteiger partial charge in [0.2, 0.25) is 0 Å². The number of ether oxygens (including phenoxy) is 5. The molecule has 0 saturated carbocycles. The first kappa shape index (κ1) is 30.4. The largest absolute Gasteiger partial charge is 0.462 e. The number of cyclic esters (lactones) is 1. The molecule has 3 heterocycles. The molecule has 37 heavy (non-hydrogen) atoms. The van der Waals surface area contributed by atoms with Crippen LogP contribution in [0.25, 0.3) is 0 Å². The zero-order chi connectivity index (χ0) is 27.8. The van der Waals surface area contributed by atoms with E-state index in [2.05, 4.69) is 0 Å². The second-order valence-corrected chi connectivity index (χ2v) is 11.6. The highest BCUT2D eigenvalue weighted by molar-refractivity contribution is 5.92. The number of aliphatic hydroxyl groups is 3. The van der Waals surface area contributed by atoms with Gasteiger partial charge in [-0.25, -0.2) is 0 Å². The van der Waals surface area contributed by atoms with E-state index in [1.165, 1.54) is 7.11 Å². The lowest BCUT2D eigenvalue weighted by Crippen LogP contribution is -2.52. The Labute approximate surface area is 219 Å². The Bertz CT molecular complexity index is 800. The van der Waals surface area contributed by atoms with E-state index in [0.717, 1.165) is 0 Å². The van der Waals surface area contributed by atoms with Crippen LogP contribution in [0.2, 0.25) is 0 Å². The minimum Gasteiger partial charge on any atom is -0.462 e. The van der Waals surface area contributed by atoms with Crippen molar-refractivity contribution < 1.29 is 48.6 Å². The average Bonchev–Trinajstić information content (AvgIpc) is 3.65. The Hall–Kier alpha value is -1.14. The maximum atomic E-state index is 13.3. The Balaban J connectivity index is 1.90. The molecule has 3 aliphatic heterocycles. The number of carbonyl (C=O) groups is 2. The van der Waals surface area contributed by atoms with Crippen LogP contribution in [0.3, 0.4) is 0 Å². The Morgan fingerprint density at radius 1 is 0.865 bits per heavy atom. The number of methoxy groups -OCH3 is 1. The molecular formula is C27H46O10. The highest BCUT2D eigenvalue weighted by Crippen LogP contribution is 2.41. The van der Waals surface area contributed by atoms with Crippen molar-refractivity contribution in [3.8, 4) is 0 Å². The van der Waals surface area contributed by atoms with E-state index in [-0.39, 0.29) is 24.7 Å². The zero-order valence-corrected chi connectivity index (χ0v) is 23.3. The summed E-state index contributed by atoms with van der Waals surface area (Å²) in [6.07, 6.45) is -5.53. The highest BCUT2D eigenvalue weighted by Gasteiger charge is 2.56. The summed E-state index contributed by atoms with van der Waals surface area (Å²) in [6, 6.07) is 0. The van der Waals surface area contributed by atoms with Crippen LogP contribution in [0.15, 0.2) is 0 Å². The van der Waals surface area contributed by atoms with Crippen LogP contribution in [-0.4, -0.2) is 95.4 Å². The third kappa shape index (κ3) is 6.37. The van der Waals surface area contributed by atoms with Crippen LogP contribution in [-0.2, 0) is 33.3 Å². The van der Waals surface area contributed by atoms with E-state index in [9.17, 15) is 24.9 Å². The molecule has 0 aromatic rings. The molecule has 14 unspecified atom stereocenters. The molecule has 214 valence electrons. The predicted molar refractivity (Wildman–Crippen MR) is 132 cm³/mol. The summed E-state index contributed by atoms with van der Waals surface area (Å²) in [5.41, 5.74) is -1.03. The molecule has 0 bridgehead atoms. The van der Waals surface area contributed by atoms with Crippen LogP contribution in [0.4, 0.5) is 0 Å². The fourth-order valence-electron chi connectivity index (χ4n) is 5.84. The summed E-state index contributed by atoms with van der Waals surface area (Å²) < 4.78 is 29.0. The van der Waals surface area contributed by atoms with E-state index >= 15 is 0 Å². The maximum Gasteiger partial charge on any atom is 0.311 e. The molecule has 3 aliphatic rings. The van der Waals surface area contributed by atoms with E-state index in [4.69, 9.17) is 23.7 Å². The molecule has 3 rings (SSSR count). The van der Waals surface area contributed by atoms with Crippen molar-refractivity contribution in [1.29, 1.82) is 0 Å². The van der Waals surface area contributed by atoms with Gasteiger partial charge in [-0.05, 0) is 33.1 Å². The van der Waals surface area contributed by atoms with Crippen molar-refractivity contribution in [3.63, 3.8) is 0 Å². The first-order chi connectivity index (χ1) is 17.2. The van der Waals surface area contributed by atoms with E-state index in [0.29, 0.717) is 6.42 Å². The maximum absolute atomic E-state index is 13.3. The topological polar surface area (TPSA) is 144 Å². The summed E-state index contributed by atoms with van der Waals surface area (Å²) in [5, 5.41) is 32.6. The number of hydrogen-bond acceptors (Lipinski definition) is 10. The van der Waals surface area contributed by atoms with Crippen LogP contribution in [0, 0.1) is 29.6 Å². The van der Waals surface area contributed by atoms with Gasteiger partial charge in [0.1, 0.15) is 12.2 Å². The molecular weight excluding hydrogens is 484 g/mol. The van der Waals surface area contributed by atoms with Gasteiger partial charge in [-0.3, -0.25) is 9.59 Å². The first-order valence-corrected chi connectivity index (χ1v) is 13.5. The number of aliphatic hydroxyl groups excluding tert-OH is 3. The number of ketones is 1. The van der Waals surface area contributed by atoms with Crippen molar-refractivity contribution in [1.82, 2.24) is 0 Å². The van der Waals surface area contributed by atoms with Gasteiger partial charge < -0.3 is 39.0 Å². The fourth-order valence-corrected chi connectivity index (χ4v) is 5.84. The van der Waals surface area contributed by atoms with Gasteiger partial charge in [-0.1, -0.05) is 27.7 Å². The molecule has 3 saturated heterocycles. The van der Waals surface area contributed by atoms with Crippen molar-refractivity contribution in [2.75, 3.05) is 13.7 Å². The van der Waals surface area contributed by atoms with E-state index in [1.807, 2.05) is 6.92 Å². The molecule has 0 amide bonds. The standard InChI is InChI=1S/C27H46O10/c1-12-10-27(11-34-27)25(31)15(4)22(29)13(2)17(6)36-26(32)16(5)24(14(3)21(12)28)37-20-9-19(33-8)23(30)18(7)35-20/h12-24,28-30H,9-11H2,1-8H3. The second kappa shape index (κ2) is 11.9. The second-order valence-electron chi connectivity index (χ2n) is 11.6. The lowest BCUT2D eigenvalue weighted by atomic mass is 9.76. The minimum absolute atomic E-state index is 0.205. The summed E-state index contributed by atoms with van der Waals surface area (Å²) >= 11 is 0. The molecule has 0 aliphatic carbocycles. The van der Waals surface area contributed by atoms with Gasteiger partial charge in [0.25, 0.3) is 0 Å². The molecule has 3 fully saturated rings. The first-order valence-electron chi connectivity index (χ1n) is 13.5. The monoisotopic (exact) mass is 530 g/mol. The number of epoxide rings is 1. The average molecular weight is 531 g/mol. The molecule has 14 atom stereocenters. The van der Waals surface area contributed by atoms with Crippen molar-refractivity contribution in [2.24, 2.45) is 29.6 Å². The van der Waals surface area contributed by atoms with Gasteiger partial charge in [0.05, 0.1) is 43.0 Å². The van der Waals surface area contributed by atoms with Gasteiger partial charge in [0, 0.05) is 31.3 Å². The molecule has 10 heteroatoms. The smallest absolute Gasteiger partial charge is 0.311 e. The summed E-state index contributed by atoms with van der Waals surface area (Å²) in [5.74, 6) is -3.62. The van der Waals surface area contributed by atoms with Gasteiger partial charge in [-0.2, -0.15) is 0 Å². The van der Waals surface area contributed by atoms with Crippen LogP contribution >= 0.6 is 0 Å². The zero-order valence-electron chi connectivity index (χ0n) is 23.3. The molecule has 0 aromatic heterocycles. The lowest BCUT2D eigenvalue weighted by molar-refractivity contribution is -0.276. The van der Waals surface area contributed by atoms with Crippen LogP contribution in [0.1, 0.15) is 61.3 Å². The SMILES string of the molecule is COC1CC(OC2C(C)C(=O)OC(C)C(C)C(O)C(C)C(=O)C3(CO3)CC(C)C(O)C2C)OC(C)C1O. The molecule has 1 spiro atoms. The number of rotatable bonds is 3. The molecule has 10 nitrogen and oxygen atoms in total. The lowest BCUT2D eigenvalue weighted by Gasteiger charge is -2.41. The fraction of sp³-hybridized carbons (Fsp3) is 0.926. The summed E-state index contributed by atoms with van der Waals surface area (Å²) in [7, 11) is 1.51. The normalized spacial score (nSPS) is 50.4. The Kier molecular flexibility index (Phi) is 9.81. The number of Topliss-reactive ketones (excluding diaryl/α,β-unsaturated/α-hetero) is 1. The third-order valence-electron chi connectivity index (χ3n) is 8.87. The van der Waals surface area contributed by atoms with Crippen LogP contribution < -0.4 is 0 Å². The highest BCUT2D eigenvalue weighted by atomic mass is 16.7. The molecule has 0 radical (unpaired) electrons. The van der Waals surface area contributed by atoms with Crippen molar-refractivity contribution in [2.45, 2.75) is 116 Å². The predicted octanol–water partition coefficient (Wildman–Crippen LogP) is 1.46. The van der Waals surface area contributed by atoms with E-state index < -0.39 is 84.3 Å². The molecule has 0 aromatic carbocycles. The van der Waals surface area contributed by atoms with E-state index in [1.54, 1.807) is 41.5 Å². The number of hydrogen-bond donors (Lipinski definition) is 3. The summed E-state index contributed by atoms with van der Waals surface area (Å²) in [6.45, 7) is 12.4. The van der Waals surface area contributed by atoms with Crippen molar-refractivity contribution in [3.05, 3.63) is 0 Å². The van der Waals surface area contributed by atoms with Gasteiger partial charge in [0.15, 0.2) is 17.7 Å².